The molecule has 2 saturated heterocycles. The summed E-state index contributed by atoms with van der Waals surface area (Å²) in [5.74, 6) is 0.289. The van der Waals surface area contributed by atoms with Crippen molar-refractivity contribution in [3.63, 3.8) is 0 Å². The van der Waals surface area contributed by atoms with E-state index in [0.29, 0.717) is 38.3 Å². The maximum atomic E-state index is 13.7. The topological polar surface area (TPSA) is 102 Å². The smallest absolute Gasteiger partial charge is 0.324 e. The molecule has 1 N–H and O–H groups in total. The van der Waals surface area contributed by atoms with Crippen molar-refractivity contribution in [1.29, 1.82) is 0 Å². The van der Waals surface area contributed by atoms with Crippen molar-refractivity contribution < 1.29 is 27.5 Å². The van der Waals surface area contributed by atoms with E-state index in [9.17, 15) is 18.0 Å². The maximum Gasteiger partial charge on any atom is 0.324 e. The first kappa shape index (κ1) is 24.8. The minimum absolute atomic E-state index is 0.0153. The highest BCUT2D eigenvalue weighted by atomic mass is 32.2. The lowest BCUT2D eigenvalue weighted by Gasteiger charge is -2.37. The van der Waals surface area contributed by atoms with E-state index in [-0.39, 0.29) is 29.2 Å². The Morgan fingerprint density at radius 2 is 1.75 bits per heavy atom. The van der Waals surface area contributed by atoms with E-state index in [4.69, 9.17) is 9.47 Å². The van der Waals surface area contributed by atoms with E-state index >= 15 is 0 Å². The zero-order valence-electron chi connectivity index (χ0n) is 20.3. The number of carbonyl (C=O) groups is 2. The van der Waals surface area contributed by atoms with Gasteiger partial charge in [-0.15, -0.1) is 0 Å². The average molecular weight is 513 g/mol. The highest BCUT2D eigenvalue weighted by Gasteiger charge is 2.39. The quantitative estimate of drug-likeness (QED) is 0.543. The fraction of sp³-hybridized carbons (Fsp3) is 0.481. The van der Waals surface area contributed by atoms with Crippen molar-refractivity contribution in [2.24, 2.45) is 0 Å². The molecule has 1 saturated carbocycles. The molecule has 2 aliphatic heterocycles. The molecule has 1 aliphatic carbocycles. The Kier molecular flexibility index (Phi) is 7.03. The summed E-state index contributed by atoms with van der Waals surface area (Å²) < 4.78 is 39.0. The molecule has 9 heteroatoms. The number of nitrogens with one attached hydrogen (secondary N) is 1. The van der Waals surface area contributed by atoms with Gasteiger partial charge in [-0.05, 0) is 67.9 Å². The van der Waals surface area contributed by atoms with Crippen molar-refractivity contribution in [3.8, 4) is 5.75 Å². The number of carbonyl (C=O) groups excluding carboxylic acids is 2. The van der Waals surface area contributed by atoms with Crippen LogP contribution >= 0.6 is 0 Å². The van der Waals surface area contributed by atoms with Gasteiger partial charge >= 0.3 is 6.03 Å². The summed E-state index contributed by atoms with van der Waals surface area (Å²) in [4.78, 5) is 25.1. The van der Waals surface area contributed by atoms with Gasteiger partial charge in [0, 0.05) is 25.2 Å². The number of imide groups is 1. The molecule has 5 rings (SSSR count). The van der Waals surface area contributed by atoms with E-state index in [2.05, 4.69) is 5.32 Å². The Bertz CT molecular complexity index is 1220. The van der Waals surface area contributed by atoms with E-state index < -0.39 is 21.3 Å². The van der Waals surface area contributed by atoms with Crippen LogP contribution in [-0.2, 0) is 31.3 Å². The molecule has 36 heavy (non-hydrogen) atoms. The van der Waals surface area contributed by atoms with Crippen LogP contribution in [0.2, 0.25) is 0 Å². The summed E-state index contributed by atoms with van der Waals surface area (Å²) >= 11 is 0. The van der Waals surface area contributed by atoms with Gasteiger partial charge in [-0.2, -0.15) is 0 Å². The molecule has 0 spiro atoms. The van der Waals surface area contributed by atoms with Crippen LogP contribution in [0.3, 0.4) is 0 Å². The second-order valence-corrected chi connectivity index (χ2v) is 12.0. The van der Waals surface area contributed by atoms with Gasteiger partial charge in [0.05, 0.1) is 16.8 Å². The van der Waals surface area contributed by atoms with Crippen LogP contribution in [0, 0.1) is 0 Å². The Morgan fingerprint density at radius 1 is 1.03 bits per heavy atom. The van der Waals surface area contributed by atoms with Crippen molar-refractivity contribution in [2.75, 3.05) is 25.5 Å². The van der Waals surface area contributed by atoms with E-state index in [0.717, 1.165) is 36.8 Å². The first-order chi connectivity index (χ1) is 17.3. The molecule has 0 radical (unpaired) electrons. The number of urea groups is 1. The van der Waals surface area contributed by atoms with Gasteiger partial charge in [0.1, 0.15) is 12.3 Å². The lowest BCUT2D eigenvalue weighted by atomic mass is 9.75. The number of amides is 3. The first-order valence-electron chi connectivity index (χ1n) is 12.6. The third-order valence-corrected chi connectivity index (χ3v) is 9.40. The van der Waals surface area contributed by atoms with Gasteiger partial charge in [-0.1, -0.05) is 30.3 Å². The van der Waals surface area contributed by atoms with Crippen LogP contribution in [0.5, 0.6) is 5.75 Å². The van der Waals surface area contributed by atoms with E-state index in [1.807, 2.05) is 30.3 Å². The fourth-order valence-corrected chi connectivity index (χ4v) is 7.39. The average Bonchev–Trinajstić information content (AvgIpc) is 3.48. The summed E-state index contributed by atoms with van der Waals surface area (Å²) in [5, 5.41) is 2.28. The predicted octanol–water partition coefficient (Wildman–Crippen LogP) is 3.58. The number of rotatable bonds is 8. The molecule has 3 amide bonds. The van der Waals surface area contributed by atoms with Crippen molar-refractivity contribution in [1.82, 2.24) is 10.2 Å². The molecule has 2 heterocycles. The molecular weight excluding hydrogens is 480 g/mol. The summed E-state index contributed by atoms with van der Waals surface area (Å²) in [6, 6.07) is 14.2. The SMILES string of the molecule is O=C1CN(Cc2ccc(C3(CS(=O)(=O)c4cccc(OC5CCCC5)c4)CCOCC3)cc2)C(=O)N1. The predicted molar refractivity (Wildman–Crippen MR) is 134 cm³/mol. The Morgan fingerprint density at radius 3 is 2.42 bits per heavy atom. The van der Waals surface area contributed by atoms with Crippen molar-refractivity contribution in [2.45, 2.75) is 61.5 Å². The molecule has 0 atom stereocenters. The zero-order chi connectivity index (χ0) is 25.2. The van der Waals surface area contributed by atoms with Gasteiger partial charge < -0.3 is 14.4 Å². The molecule has 0 bridgehead atoms. The highest BCUT2D eigenvalue weighted by molar-refractivity contribution is 7.91. The van der Waals surface area contributed by atoms with Crippen LogP contribution in [0.4, 0.5) is 4.79 Å². The Balaban J connectivity index is 1.35. The van der Waals surface area contributed by atoms with Gasteiger partial charge in [-0.25, -0.2) is 13.2 Å². The van der Waals surface area contributed by atoms with E-state index in [1.165, 1.54) is 4.90 Å². The van der Waals surface area contributed by atoms with Crippen LogP contribution in [0.15, 0.2) is 53.4 Å². The van der Waals surface area contributed by atoms with E-state index in [1.54, 1.807) is 18.2 Å². The molecule has 3 aliphatic rings. The van der Waals surface area contributed by atoms with Gasteiger partial charge in [0.25, 0.3) is 0 Å². The van der Waals surface area contributed by atoms with Gasteiger partial charge in [0.2, 0.25) is 5.91 Å². The molecule has 2 aromatic rings. The first-order valence-corrected chi connectivity index (χ1v) is 14.2. The highest BCUT2D eigenvalue weighted by Crippen LogP contribution is 2.38. The minimum atomic E-state index is -3.60. The number of nitrogens with zero attached hydrogens (tertiary/aromatic N) is 1. The number of sulfone groups is 1. The fourth-order valence-electron chi connectivity index (χ4n) is 5.46. The molecule has 2 aromatic carbocycles. The van der Waals surface area contributed by atoms with Gasteiger partial charge in [-0.3, -0.25) is 10.1 Å². The standard InChI is InChI=1S/C27H32N2O6S/c30-25-18-29(26(31)28-25)17-20-8-10-21(11-9-20)27(12-14-34-15-13-27)19-36(32,33)24-7-3-6-23(16-24)35-22-4-1-2-5-22/h3,6-11,16,22H,1-2,4-5,12-15,17-19H2,(H,28,30,31). The molecule has 0 unspecified atom stereocenters. The zero-order valence-corrected chi connectivity index (χ0v) is 21.1. The summed E-state index contributed by atoms with van der Waals surface area (Å²) in [6.45, 7) is 1.36. The third-order valence-electron chi connectivity index (χ3n) is 7.49. The lowest BCUT2D eigenvalue weighted by molar-refractivity contribution is -0.118. The largest absolute Gasteiger partial charge is 0.490 e. The number of benzene rings is 2. The third kappa shape index (κ3) is 5.42. The number of hydrogen-bond donors (Lipinski definition) is 1. The van der Waals surface area contributed by atoms with Crippen LogP contribution in [0.25, 0.3) is 0 Å². The van der Waals surface area contributed by atoms with Crippen molar-refractivity contribution in [3.05, 3.63) is 59.7 Å². The van der Waals surface area contributed by atoms with Crippen LogP contribution < -0.4 is 10.1 Å². The van der Waals surface area contributed by atoms with Crippen LogP contribution in [-0.4, -0.2) is 56.9 Å². The molecule has 8 nitrogen and oxygen atoms in total. The van der Waals surface area contributed by atoms with Gasteiger partial charge in [0.15, 0.2) is 9.84 Å². The summed E-state index contributed by atoms with van der Waals surface area (Å²) in [5.41, 5.74) is 1.25. The monoisotopic (exact) mass is 512 g/mol. The minimum Gasteiger partial charge on any atom is -0.490 e. The maximum absolute atomic E-state index is 13.7. The number of ether oxygens (including phenoxy) is 2. The Labute approximate surface area is 211 Å². The number of hydrogen-bond acceptors (Lipinski definition) is 6. The molecule has 192 valence electrons. The lowest BCUT2D eigenvalue weighted by Crippen LogP contribution is -2.40. The molecule has 3 fully saturated rings. The van der Waals surface area contributed by atoms with Crippen LogP contribution in [0.1, 0.15) is 49.7 Å². The molecular formula is C27H32N2O6S. The second-order valence-electron chi connectivity index (χ2n) is 10.1. The Hall–Kier alpha value is -2.91. The summed E-state index contributed by atoms with van der Waals surface area (Å²) in [7, 11) is -3.60. The van der Waals surface area contributed by atoms with Crippen molar-refractivity contribution >= 4 is 21.8 Å². The molecule has 0 aromatic heterocycles. The summed E-state index contributed by atoms with van der Waals surface area (Å²) in [6.07, 6.45) is 5.68. The normalized spacial score (nSPS) is 20.5. The second kappa shape index (κ2) is 10.2.